The van der Waals surface area contributed by atoms with Crippen molar-refractivity contribution in [2.24, 2.45) is 0 Å². The molecule has 0 saturated carbocycles. The summed E-state index contributed by atoms with van der Waals surface area (Å²) in [7, 11) is 0. The van der Waals surface area contributed by atoms with E-state index in [0.717, 1.165) is 41.4 Å². The lowest BCUT2D eigenvalue weighted by Crippen LogP contribution is -2.29. The molecule has 170 valence electrons. The highest BCUT2D eigenvalue weighted by Gasteiger charge is 2.30. The lowest BCUT2D eigenvalue weighted by molar-refractivity contribution is -0.121. The number of thiophene rings is 1. The summed E-state index contributed by atoms with van der Waals surface area (Å²) in [5.74, 6) is -0.792. The summed E-state index contributed by atoms with van der Waals surface area (Å²) in [6.07, 6.45) is 1.19. The van der Waals surface area contributed by atoms with E-state index in [1.807, 2.05) is 18.2 Å². The Morgan fingerprint density at radius 1 is 1.00 bits per heavy atom. The van der Waals surface area contributed by atoms with Gasteiger partial charge in [0.1, 0.15) is 11.1 Å². The van der Waals surface area contributed by atoms with Gasteiger partial charge < -0.3 is 5.32 Å². The summed E-state index contributed by atoms with van der Waals surface area (Å²) in [6.45, 7) is 2.44. The van der Waals surface area contributed by atoms with E-state index in [1.165, 1.54) is 16.9 Å². The maximum atomic E-state index is 12.9. The SMILES string of the molecule is N#Cc1c(NC(=O)c2ccc(N3C(=O)CCC3=O)cc2)sc2c1CCN(Cc1ccccc1)C2. The van der Waals surface area contributed by atoms with Crippen molar-refractivity contribution in [3.8, 4) is 6.07 Å². The first-order chi connectivity index (χ1) is 16.5. The number of nitrogens with zero attached hydrogens (tertiary/aromatic N) is 3. The number of carbonyl (C=O) groups is 3. The first-order valence-electron chi connectivity index (χ1n) is 11.1. The van der Waals surface area contributed by atoms with Crippen LogP contribution in [0.5, 0.6) is 0 Å². The summed E-state index contributed by atoms with van der Waals surface area (Å²) >= 11 is 1.45. The largest absolute Gasteiger partial charge is 0.312 e. The van der Waals surface area contributed by atoms with Crippen molar-refractivity contribution in [3.63, 3.8) is 0 Å². The standard InChI is InChI=1S/C26H22N4O3S/c27-14-21-20-12-13-29(15-17-4-2-1-3-5-17)16-22(20)34-26(21)28-25(33)18-6-8-19(9-7-18)30-23(31)10-11-24(30)32/h1-9H,10-13,15-16H2,(H,28,33). The van der Waals surface area contributed by atoms with Crippen LogP contribution in [-0.2, 0) is 29.1 Å². The number of nitriles is 1. The van der Waals surface area contributed by atoms with Crippen LogP contribution in [0.4, 0.5) is 10.7 Å². The number of amides is 3. The maximum absolute atomic E-state index is 12.9. The predicted molar refractivity (Wildman–Crippen MR) is 129 cm³/mol. The van der Waals surface area contributed by atoms with Crippen LogP contribution in [-0.4, -0.2) is 29.2 Å². The monoisotopic (exact) mass is 470 g/mol. The van der Waals surface area contributed by atoms with Gasteiger partial charge in [0.2, 0.25) is 11.8 Å². The Bertz CT molecular complexity index is 1290. The molecule has 0 atom stereocenters. The molecule has 3 amide bonds. The average molecular weight is 471 g/mol. The number of carbonyl (C=O) groups excluding carboxylic acids is 3. The summed E-state index contributed by atoms with van der Waals surface area (Å²) in [4.78, 5) is 41.4. The lowest BCUT2D eigenvalue weighted by Gasteiger charge is -2.26. The number of nitrogens with one attached hydrogen (secondary N) is 1. The van der Waals surface area contributed by atoms with Crippen LogP contribution in [0.2, 0.25) is 0 Å². The predicted octanol–water partition coefficient (Wildman–Crippen LogP) is 4.08. The highest BCUT2D eigenvalue weighted by Crippen LogP contribution is 2.37. The summed E-state index contributed by atoms with van der Waals surface area (Å²) in [5, 5.41) is 13.2. The van der Waals surface area contributed by atoms with E-state index in [1.54, 1.807) is 24.3 Å². The van der Waals surface area contributed by atoms with Gasteiger partial charge >= 0.3 is 0 Å². The van der Waals surface area contributed by atoms with Crippen LogP contribution in [0, 0.1) is 11.3 Å². The van der Waals surface area contributed by atoms with Crippen LogP contribution in [0.15, 0.2) is 54.6 Å². The first-order valence-corrected chi connectivity index (χ1v) is 11.9. The highest BCUT2D eigenvalue weighted by atomic mass is 32.1. The number of anilines is 2. The molecule has 1 aromatic heterocycles. The van der Waals surface area contributed by atoms with E-state index in [2.05, 4.69) is 28.4 Å². The van der Waals surface area contributed by atoms with Crippen LogP contribution in [0.25, 0.3) is 0 Å². The minimum Gasteiger partial charge on any atom is -0.312 e. The van der Waals surface area contributed by atoms with E-state index in [9.17, 15) is 19.6 Å². The van der Waals surface area contributed by atoms with Crippen LogP contribution >= 0.6 is 11.3 Å². The fraction of sp³-hybridized carbons (Fsp3) is 0.231. The Morgan fingerprint density at radius 2 is 1.71 bits per heavy atom. The summed E-state index contributed by atoms with van der Waals surface area (Å²) in [6, 6.07) is 18.9. The van der Waals surface area contributed by atoms with Gasteiger partial charge in [0.25, 0.3) is 5.91 Å². The zero-order valence-corrected chi connectivity index (χ0v) is 19.2. The highest BCUT2D eigenvalue weighted by molar-refractivity contribution is 7.16. The molecular formula is C26H22N4O3S. The van der Waals surface area contributed by atoms with Crippen molar-refractivity contribution >= 4 is 39.7 Å². The van der Waals surface area contributed by atoms with Gasteiger partial charge in [-0.3, -0.25) is 24.2 Å². The van der Waals surface area contributed by atoms with E-state index in [-0.39, 0.29) is 30.6 Å². The molecule has 0 unspecified atom stereocenters. The number of rotatable bonds is 5. The van der Waals surface area contributed by atoms with Crippen molar-refractivity contribution < 1.29 is 14.4 Å². The van der Waals surface area contributed by atoms with Crippen molar-refractivity contribution in [1.29, 1.82) is 5.26 Å². The molecule has 3 heterocycles. The molecule has 2 aromatic carbocycles. The molecule has 3 aromatic rings. The van der Waals surface area contributed by atoms with Gasteiger partial charge in [0, 0.05) is 42.9 Å². The Hall–Kier alpha value is -3.80. The third-order valence-corrected chi connectivity index (χ3v) is 7.30. The maximum Gasteiger partial charge on any atom is 0.256 e. The fourth-order valence-corrected chi connectivity index (χ4v) is 5.68. The van der Waals surface area contributed by atoms with E-state index < -0.39 is 0 Å². The molecule has 8 heteroatoms. The first kappa shape index (κ1) is 22.0. The molecule has 2 aliphatic rings. The number of hydrogen-bond donors (Lipinski definition) is 1. The van der Waals surface area contributed by atoms with Crippen LogP contribution in [0.1, 0.15) is 44.8 Å². The van der Waals surface area contributed by atoms with Crippen LogP contribution in [0.3, 0.4) is 0 Å². The van der Waals surface area contributed by atoms with Gasteiger partial charge in [-0.15, -0.1) is 11.3 Å². The number of imide groups is 1. The third-order valence-electron chi connectivity index (χ3n) is 6.16. The zero-order valence-electron chi connectivity index (χ0n) is 18.4. The molecular weight excluding hydrogens is 448 g/mol. The molecule has 5 rings (SSSR count). The van der Waals surface area contributed by atoms with E-state index in [4.69, 9.17) is 0 Å². The normalized spacial score (nSPS) is 15.8. The van der Waals surface area contributed by atoms with Crippen LogP contribution < -0.4 is 10.2 Å². The van der Waals surface area contributed by atoms with Gasteiger partial charge in [0.15, 0.2) is 0 Å². The number of fused-ring (bicyclic) bond motifs is 1. The number of benzene rings is 2. The number of hydrogen-bond acceptors (Lipinski definition) is 6. The van der Waals surface area contributed by atoms with Crippen molar-refractivity contribution in [1.82, 2.24) is 4.90 Å². The van der Waals surface area contributed by atoms with Gasteiger partial charge in [0.05, 0.1) is 11.3 Å². The Labute approximate surface area is 201 Å². The molecule has 1 saturated heterocycles. The molecule has 7 nitrogen and oxygen atoms in total. The lowest BCUT2D eigenvalue weighted by atomic mass is 10.0. The molecule has 34 heavy (non-hydrogen) atoms. The fourth-order valence-electron chi connectivity index (χ4n) is 4.44. The van der Waals surface area contributed by atoms with Gasteiger partial charge in [-0.1, -0.05) is 30.3 Å². The quantitative estimate of drug-likeness (QED) is 0.567. The van der Waals surface area contributed by atoms with E-state index >= 15 is 0 Å². The second kappa shape index (κ2) is 9.21. The topological polar surface area (TPSA) is 93.5 Å². The van der Waals surface area contributed by atoms with Crippen molar-refractivity contribution in [2.75, 3.05) is 16.8 Å². The molecule has 1 N–H and O–H groups in total. The zero-order chi connectivity index (χ0) is 23.7. The van der Waals surface area contributed by atoms with Gasteiger partial charge in [-0.2, -0.15) is 5.26 Å². The second-order valence-electron chi connectivity index (χ2n) is 8.39. The second-order valence-corrected chi connectivity index (χ2v) is 9.50. The van der Waals surface area contributed by atoms with Gasteiger partial charge in [-0.25, -0.2) is 0 Å². The smallest absolute Gasteiger partial charge is 0.256 e. The summed E-state index contributed by atoms with van der Waals surface area (Å²) in [5.41, 5.74) is 3.67. The molecule has 1 fully saturated rings. The molecule has 0 radical (unpaired) electrons. The molecule has 2 aliphatic heterocycles. The Balaban J connectivity index is 1.30. The molecule has 0 spiro atoms. The van der Waals surface area contributed by atoms with E-state index in [0.29, 0.717) is 21.8 Å². The Morgan fingerprint density at radius 3 is 2.38 bits per heavy atom. The minimum absolute atomic E-state index is 0.212. The van der Waals surface area contributed by atoms with Crippen molar-refractivity contribution in [3.05, 3.63) is 81.7 Å². The third kappa shape index (κ3) is 4.23. The minimum atomic E-state index is -0.332. The average Bonchev–Trinajstić information content (AvgIpc) is 3.37. The molecule has 0 aliphatic carbocycles. The van der Waals surface area contributed by atoms with Gasteiger partial charge in [-0.05, 0) is 41.8 Å². The Kier molecular flexibility index (Phi) is 5.97. The summed E-state index contributed by atoms with van der Waals surface area (Å²) < 4.78 is 0. The molecule has 0 bridgehead atoms. The van der Waals surface area contributed by atoms with Crippen molar-refractivity contribution in [2.45, 2.75) is 32.4 Å².